The molecule has 1 aromatic carbocycles. The highest BCUT2D eigenvalue weighted by Gasteiger charge is 2.24. The number of rotatable bonds is 7. The molecule has 1 aromatic rings. The number of hydrogen-bond donors (Lipinski definition) is 1. The van der Waals surface area contributed by atoms with E-state index in [0.717, 1.165) is 19.5 Å². The first-order chi connectivity index (χ1) is 11.7. The van der Waals surface area contributed by atoms with Crippen molar-refractivity contribution in [1.82, 2.24) is 10.2 Å². The molecule has 1 saturated heterocycles. The fourth-order valence-corrected chi connectivity index (χ4v) is 3.29. The van der Waals surface area contributed by atoms with Crippen LogP contribution < -0.4 is 19.5 Å². The molecule has 1 N–H and O–H groups in total. The maximum Gasteiger partial charge on any atom is 0.255 e. The Bertz CT molecular complexity index is 562. The van der Waals surface area contributed by atoms with Crippen molar-refractivity contribution in [3.05, 3.63) is 17.7 Å². The molecule has 1 amide bonds. The van der Waals surface area contributed by atoms with Gasteiger partial charge in [0.15, 0.2) is 11.5 Å². The molecule has 1 atom stereocenters. The summed E-state index contributed by atoms with van der Waals surface area (Å²) < 4.78 is 16.0. The minimum atomic E-state index is -0.158. The van der Waals surface area contributed by atoms with Gasteiger partial charge in [-0.25, -0.2) is 0 Å². The van der Waals surface area contributed by atoms with Crippen molar-refractivity contribution in [3.8, 4) is 17.2 Å². The summed E-state index contributed by atoms with van der Waals surface area (Å²) in [6.07, 6.45) is 3.58. The zero-order valence-electron chi connectivity index (χ0n) is 15.1. The molecule has 0 spiro atoms. The van der Waals surface area contributed by atoms with E-state index in [2.05, 4.69) is 17.1 Å². The number of amides is 1. The van der Waals surface area contributed by atoms with E-state index < -0.39 is 0 Å². The smallest absolute Gasteiger partial charge is 0.255 e. The number of ether oxygens (including phenoxy) is 3. The van der Waals surface area contributed by atoms with Crippen LogP contribution in [0.4, 0.5) is 0 Å². The summed E-state index contributed by atoms with van der Waals surface area (Å²) in [5, 5.41) is 3.04. The van der Waals surface area contributed by atoms with Crippen LogP contribution in [0.3, 0.4) is 0 Å². The zero-order chi connectivity index (χ0) is 17.5. The Morgan fingerprint density at radius 1 is 1.17 bits per heavy atom. The van der Waals surface area contributed by atoms with Gasteiger partial charge in [0.05, 0.1) is 26.9 Å². The number of nitrogens with zero attached hydrogens (tertiary/aromatic N) is 1. The van der Waals surface area contributed by atoms with E-state index in [1.54, 1.807) is 19.2 Å². The van der Waals surface area contributed by atoms with Gasteiger partial charge in [0.2, 0.25) is 5.75 Å². The predicted octanol–water partition coefficient (Wildman–Crippen LogP) is 2.32. The minimum absolute atomic E-state index is 0.158. The second kappa shape index (κ2) is 8.78. The lowest BCUT2D eigenvalue weighted by molar-refractivity contribution is 0.0914. The second-order valence-corrected chi connectivity index (χ2v) is 5.87. The minimum Gasteiger partial charge on any atom is -0.493 e. The molecular formula is C18H28N2O4. The van der Waals surface area contributed by atoms with Crippen molar-refractivity contribution in [2.24, 2.45) is 0 Å². The molecule has 0 aromatic heterocycles. The maximum atomic E-state index is 12.6. The molecule has 1 aliphatic rings. The van der Waals surface area contributed by atoms with Gasteiger partial charge in [-0.2, -0.15) is 0 Å². The second-order valence-electron chi connectivity index (χ2n) is 5.87. The number of methoxy groups -OCH3 is 3. The summed E-state index contributed by atoms with van der Waals surface area (Å²) in [6, 6.07) is 3.82. The first-order valence-corrected chi connectivity index (χ1v) is 8.47. The topological polar surface area (TPSA) is 60.0 Å². The van der Waals surface area contributed by atoms with Crippen molar-refractivity contribution >= 4 is 5.91 Å². The quantitative estimate of drug-likeness (QED) is 0.828. The first kappa shape index (κ1) is 18.4. The van der Waals surface area contributed by atoms with Crippen LogP contribution in [0.25, 0.3) is 0 Å². The molecule has 6 nitrogen and oxygen atoms in total. The normalized spacial score (nSPS) is 18.1. The molecule has 0 bridgehead atoms. The van der Waals surface area contributed by atoms with Gasteiger partial charge >= 0.3 is 0 Å². The standard InChI is InChI=1S/C18H28N2O4/c1-5-20-11-7-6-8-13(20)12-19-18(21)14-9-10-15(22-2)17(24-4)16(14)23-3/h9-10,13H,5-8,11-12H2,1-4H3,(H,19,21). The van der Waals surface area contributed by atoms with Crippen LogP contribution in [-0.4, -0.2) is 57.8 Å². The molecule has 1 fully saturated rings. The monoisotopic (exact) mass is 336 g/mol. The largest absolute Gasteiger partial charge is 0.493 e. The van der Waals surface area contributed by atoms with Crippen LogP contribution in [0.15, 0.2) is 12.1 Å². The summed E-state index contributed by atoms with van der Waals surface area (Å²) in [4.78, 5) is 15.1. The number of carbonyl (C=O) groups excluding carboxylic acids is 1. The third kappa shape index (κ3) is 3.93. The zero-order valence-corrected chi connectivity index (χ0v) is 15.1. The van der Waals surface area contributed by atoms with Gasteiger partial charge in [0.1, 0.15) is 0 Å². The lowest BCUT2D eigenvalue weighted by Gasteiger charge is -2.34. The first-order valence-electron chi connectivity index (χ1n) is 8.47. The molecule has 0 saturated carbocycles. The van der Waals surface area contributed by atoms with E-state index in [1.807, 2.05) is 0 Å². The number of likely N-dealkylation sites (tertiary alicyclic amines) is 1. The van der Waals surface area contributed by atoms with Gasteiger partial charge in [0.25, 0.3) is 5.91 Å². The van der Waals surface area contributed by atoms with E-state index in [1.165, 1.54) is 27.1 Å². The van der Waals surface area contributed by atoms with Crippen molar-refractivity contribution in [2.75, 3.05) is 41.0 Å². The lowest BCUT2D eigenvalue weighted by Crippen LogP contribution is -2.46. The molecule has 1 heterocycles. The van der Waals surface area contributed by atoms with E-state index >= 15 is 0 Å². The van der Waals surface area contributed by atoms with Crippen LogP contribution in [-0.2, 0) is 0 Å². The highest BCUT2D eigenvalue weighted by atomic mass is 16.5. The van der Waals surface area contributed by atoms with Gasteiger partial charge in [-0.1, -0.05) is 13.3 Å². The van der Waals surface area contributed by atoms with Crippen LogP contribution >= 0.6 is 0 Å². The average Bonchev–Trinajstić information content (AvgIpc) is 2.64. The van der Waals surface area contributed by atoms with Gasteiger partial charge in [0, 0.05) is 12.6 Å². The Labute approximate surface area is 144 Å². The summed E-state index contributed by atoms with van der Waals surface area (Å²) in [6.45, 7) is 4.93. The van der Waals surface area contributed by atoms with Gasteiger partial charge in [-0.15, -0.1) is 0 Å². The Kier molecular flexibility index (Phi) is 6.73. The average molecular weight is 336 g/mol. The van der Waals surface area contributed by atoms with E-state index in [-0.39, 0.29) is 5.91 Å². The van der Waals surface area contributed by atoms with Gasteiger partial charge in [-0.05, 0) is 38.1 Å². The van der Waals surface area contributed by atoms with Gasteiger partial charge < -0.3 is 19.5 Å². The van der Waals surface area contributed by atoms with Crippen LogP contribution in [0.2, 0.25) is 0 Å². The summed E-state index contributed by atoms with van der Waals surface area (Å²) in [5.74, 6) is 1.20. The van der Waals surface area contributed by atoms with Crippen molar-refractivity contribution in [1.29, 1.82) is 0 Å². The Morgan fingerprint density at radius 2 is 1.92 bits per heavy atom. The Morgan fingerprint density at radius 3 is 2.54 bits per heavy atom. The highest BCUT2D eigenvalue weighted by Crippen LogP contribution is 2.39. The molecule has 1 aliphatic heterocycles. The van der Waals surface area contributed by atoms with Gasteiger partial charge in [-0.3, -0.25) is 9.69 Å². The van der Waals surface area contributed by atoms with Crippen molar-refractivity contribution in [3.63, 3.8) is 0 Å². The number of carbonyl (C=O) groups is 1. The third-order valence-corrected chi connectivity index (χ3v) is 4.60. The number of piperidine rings is 1. The molecule has 1 unspecified atom stereocenters. The van der Waals surface area contributed by atoms with E-state index in [9.17, 15) is 4.79 Å². The third-order valence-electron chi connectivity index (χ3n) is 4.60. The summed E-state index contributed by atoms with van der Waals surface area (Å²) in [7, 11) is 4.61. The van der Waals surface area contributed by atoms with E-state index in [4.69, 9.17) is 14.2 Å². The SMILES string of the molecule is CCN1CCCCC1CNC(=O)c1ccc(OC)c(OC)c1OC. The molecule has 24 heavy (non-hydrogen) atoms. The molecule has 0 radical (unpaired) electrons. The number of likely N-dealkylation sites (N-methyl/N-ethyl adjacent to an activating group) is 1. The van der Waals surface area contributed by atoms with Crippen molar-refractivity contribution < 1.29 is 19.0 Å². The van der Waals surface area contributed by atoms with Crippen LogP contribution in [0, 0.1) is 0 Å². The lowest BCUT2D eigenvalue weighted by atomic mass is 10.0. The van der Waals surface area contributed by atoms with E-state index in [0.29, 0.717) is 35.4 Å². The molecule has 134 valence electrons. The fourth-order valence-electron chi connectivity index (χ4n) is 3.29. The predicted molar refractivity (Wildman–Crippen MR) is 93.3 cm³/mol. The number of hydrogen-bond acceptors (Lipinski definition) is 5. The Balaban J connectivity index is 2.11. The van der Waals surface area contributed by atoms with Crippen LogP contribution in [0.5, 0.6) is 17.2 Å². The summed E-state index contributed by atoms with van der Waals surface area (Å²) >= 11 is 0. The fraction of sp³-hybridized carbons (Fsp3) is 0.611. The molecule has 2 rings (SSSR count). The molecule has 6 heteroatoms. The maximum absolute atomic E-state index is 12.6. The van der Waals surface area contributed by atoms with Crippen LogP contribution in [0.1, 0.15) is 36.5 Å². The van der Waals surface area contributed by atoms with Crippen molar-refractivity contribution in [2.45, 2.75) is 32.2 Å². The highest BCUT2D eigenvalue weighted by molar-refractivity contribution is 5.98. The number of nitrogens with one attached hydrogen (secondary N) is 1. The number of benzene rings is 1. The molecule has 0 aliphatic carbocycles. The Hall–Kier alpha value is -1.95. The summed E-state index contributed by atoms with van der Waals surface area (Å²) in [5.41, 5.74) is 0.453. The molecular weight excluding hydrogens is 308 g/mol.